The Balaban J connectivity index is 2.45. The van der Waals surface area contributed by atoms with Crippen molar-refractivity contribution in [1.29, 1.82) is 0 Å². The second-order valence-electron chi connectivity index (χ2n) is 2.91. The van der Waals surface area contributed by atoms with Crippen molar-refractivity contribution < 1.29 is 10.2 Å². The van der Waals surface area contributed by atoms with E-state index in [2.05, 4.69) is 32.9 Å². The lowest BCUT2D eigenvalue weighted by Gasteiger charge is -2.01. The van der Waals surface area contributed by atoms with Gasteiger partial charge in [-0.05, 0) is 46.9 Å². The van der Waals surface area contributed by atoms with Crippen molar-refractivity contribution in [2.45, 2.75) is 6.61 Å². The molecule has 2 N–H and O–H groups in total. The van der Waals surface area contributed by atoms with Crippen LogP contribution in [0.1, 0.15) is 5.69 Å². The first-order chi connectivity index (χ1) is 7.22. The van der Waals surface area contributed by atoms with E-state index >= 15 is 0 Å². The van der Waals surface area contributed by atoms with Crippen molar-refractivity contribution in [3.05, 3.63) is 33.7 Å². The molecule has 0 fully saturated rings. The summed E-state index contributed by atoms with van der Waals surface area (Å²) in [4.78, 5) is 0. The van der Waals surface area contributed by atoms with Crippen LogP contribution in [-0.2, 0) is 6.61 Å². The number of aromatic nitrogens is 3. The number of aliphatic hydroxyl groups excluding tert-OH is 1. The van der Waals surface area contributed by atoms with Crippen LogP contribution in [0.5, 0.6) is 5.75 Å². The Kier molecular flexibility index (Phi) is 2.87. The first-order valence-electron chi connectivity index (χ1n) is 4.22. The van der Waals surface area contributed by atoms with Crippen LogP contribution in [0.2, 0.25) is 0 Å². The molecule has 0 saturated heterocycles. The van der Waals surface area contributed by atoms with Crippen molar-refractivity contribution in [3.8, 4) is 11.4 Å². The number of phenols is 1. The highest BCUT2D eigenvalue weighted by Gasteiger charge is 2.09. The highest BCUT2D eigenvalue weighted by molar-refractivity contribution is 14.1. The predicted octanol–water partition coefficient (Wildman–Crippen LogP) is 1.07. The van der Waals surface area contributed by atoms with Gasteiger partial charge in [0.25, 0.3) is 0 Å². The van der Waals surface area contributed by atoms with Crippen molar-refractivity contribution in [1.82, 2.24) is 15.0 Å². The van der Waals surface area contributed by atoms with E-state index in [0.717, 1.165) is 9.39 Å². The molecule has 2 rings (SSSR count). The first kappa shape index (κ1) is 10.4. The van der Waals surface area contributed by atoms with E-state index in [-0.39, 0.29) is 12.4 Å². The van der Waals surface area contributed by atoms with E-state index in [9.17, 15) is 0 Å². The van der Waals surface area contributed by atoms with Gasteiger partial charge in [-0.1, -0.05) is 5.21 Å². The molecule has 5 nitrogen and oxygen atoms in total. The Morgan fingerprint density at radius 2 is 1.93 bits per heavy atom. The average molecular weight is 317 g/mol. The molecule has 0 radical (unpaired) electrons. The zero-order valence-electron chi connectivity index (χ0n) is 7.63. The minimum absolute atomic E-state index is 0.129. The minimum Gasteiger partial charge on any atom is -0.508 e. The number of phenolic OH excluding ortho intramolecular Hbond substituents is 1. The quantitative estimate of drug-likeness (QED) is 0.813. The van der Waals surface area contributed by atoms with Gasteiger partial charge in [-0.25, -0.2) is 4.68 Å². The van der Waals surface area contributed by atoms with Gasteiger partial charge in [0.2, 0.25) is 0 Å². The summed E-state index contributed by atoms with van der Waals surface area (Å²) >= 11 is 2.06. The van der Waals surface area contributed by atoms with Crippen LogP contribution in [0.15, 0.2) is 24.3 Å². The molecule has 1 heterocycles. The second-order valence-corrected chi connectivity index (χ2v) is 3.94. The summed E-state index contributed by atoms with van der Waals surface area (Å²) in [6, 6.07) is 6.61. The smallest absolute Gasteiger partial charge is 0.131 e. The molecule has 0 bridgehead atoms. The Morgan fingerprint density at radius 3 is 2.47 bits per heavy atom. The molecule has 0 aliphatic heterocycles. The van der Waals surface area contributed by atoms with Crippen molar-refractivity contribution in [3.63, 3.8) is 0 Å². The third kappa shape index (κ3) is 1.95. The van der Waals surface area contributed by atoms with Crippen LogP contribution in [0.4, 0.5) is 0 Å². The molecule has 15 heavy (non-hydrogen) atoms. The molecule has 0 unspecified atom stereocenters. The summed E-state index contributed by atoms with van der Waals surface area (Å²) in [5.41, 5.74) is 1.34. The normalized spacial score (nSPS) is 10.5. The highest BCUT2D eigenvalue weighted by Crippen LogP contribution is 2.17. The average Bonchev–Trinajstić information content (AvgIpc) is 2.61. The third-order valence-corrected chi connectivity index (χ3v) is 3.00. The maximum atomic E-state index is 9.14. The number of halogens is 1. The largest absolute Gasteiger partial charge is 0.508 e. The van der Waals surface area contributed by atoms with Gasteiger partial charge in [0.15, 0.2) is 0 Å². The van der Waals surface area contributed by atoms with Gasteiger partial charge in [-0.15, -0.1) is 5.10 Å². The van der Waals surface area contributed by atoms with E-state index in [1.165, 1.54) is 0 Å². The van der Waals surface area contributed by atoms with Gasteiger partial charge < -0.3 is 10.2 Å². The maximum Gasteiger partial charge on any atom is 0.131 e. The zero-order chi connectivity index (χ0) is 10.8. The topological polar surface area (TPSA) is 71.2 Å². The van der Waals surface area contributed by atoms with Crippen molar-refractivity contribution in [2.24, 2.45) is 0 Å². The SMILES string of the molecule is OCc1nnn(-c2ccc(O)cc2)c1I. The van der Waals surface area contributed by atoms with Gasteiger partial charge in [0.05, 0.1) is 12.3 Å². The molecular formula is C9H8IN3O2. The number of aliphatic hydroxyl groups is 1. The van der Waals surface area contributed by atoms with E-state index in [0.29, 0.717) is 5.69 Å². The molecule has 78 valence electrons. The monoisotopic (exact) mass is 317 g/mol. The molecule has 0 amide bonds. The fraction of sp³-hybridized carbons (Fsp3) is 0.111. The lowest BCUT2D eigenvalue weighted by molar-refractivity contribution is 0.276. The lowest BCUT2D eigenvalue weighted by Crippen LogP contribution is -1.99. The standard InChI is InChI=1S/C9H8IN3O2/c10-9-8(5-14)11-12-13(9)6-1-3-7(15)4-2-6/h1-4,14-15H,5H2. The Morgan fingerprint density at radius 1 is 1.27 bits per heavy atom. The molecule has 2 aromatic rings. The molecule has 0 spiro atoms. The van der Waals surface area contributed by atoms with Crippen molar-refractivity contribution >= 4 is 22.6 Å². The van der Waals surface area contributed by atoms with Gasteiger partial charge >= 0.3 is 0 Å². The van der Waals surface area contributed by atoms with Gasteiger partial charge in [-0.2, -0.15) is 0 Å². The van der Waals surface area contributed by atoms with E-state index in [1.54, 1.807) is 28.9 Å². The van der Waals surface area contributed by atoms with Crippen LogP contribution < -0.4 is 0 Å². The van der Waals surface area contributed by atoms with Gasteiger partial charge in [0, 0.05) is 0 Å². The van der Waals surface area contributed by atoms with Gasteiger partial charge in [0.1, 0.15) is 15.1 Å². The van der Waals surface area contributed by atoms with E-state index in [4.69, 9.17) is 10.2 Å². The molecule has 1 aromatic heterocycles. The summed E-state index contributed by atoms with van der Waals surface area (Å²) in [6.07, 6.45) is 0. The summed E-state index contributed by atoms with van der Waals surface area (Å²) in [5, 5.41) is 25.8. The Labute approximate surface area is 99.5 Å². The number of rotatable bonds is 2. The summed E-state index contributed by atoms with van der Waals surface area (Å²) in [6.45, 7) is -0.129. The number of nitrogens with zero attached hydrogens (tertiary/aromatic N) is 3. The lowest BCUT2D eigenvalue weighted by atomic mass is 10.3. The molecule has 0 atom stereocenters. The zero-order valence-corrected chi connectivity index (χ0v) is 9.79. The first-order valence-corrected chi connectivity index (χ1v) is 5.30. The highest BCUT2D eigenvalue weighted by atomic mass is 127. The summed E-state index contributed by atoms with van der Waals surface area (Å²) < 4.78 is 2.37. The fourth-order valence-corrected chi connectivity index (χ4v) is 1.81. The van der Waals surface area contributed by atoms with Gasteiger partial charge in [-0.3, -0.25) is 0 Å². The Hall–Kier alpha value is -1.15. The van der Waals surface area contributed by atoms with Crippen LogP contribution >= 0.6 is 22.6 Å². The summed E-state index contributed by atoms with van der Waals surface area (Å²) in [5.74, 6) is 0.205. The molecule has 0 aliphatic carbocycles. The molecular weight excluding hydrogens is 309 g/mol. The van der Waals surface area contributed by atoms with E-state index in [1.807, 2.05) is 0 Å². The number of aromatic hydroxyl groups is 1. The number of hydrogen-bond acceptors (Lipinski definition) is 4. The third-order valence-electron chi connectivity index (χ3n) is 1.92. The predicted molar refractivity (Wildman–Crippen MR) is 61.7 cm³/mol. The van der Waals surface area contributed by atoms with Crippen molar-refractivity contribution in [2.75, 3.05) is 0 Å². The fourth-order valence-electron chi connectivity index (χ4n) is 1.16. The van der Waals surface area contributed by atoms with Crippen LogP contribution in [0, 0.1) is 3.70 Å². The molecule has 0 aliphatic rings. The number of hydrogen-bond donors (Lipinski definition) is 2. The molecule has 0 saturated carbocycles. The molecule has 6 heteroatoms. The van der Waals surface area contributed by atoms with Crippen LogP contribution in [-0.4, -0.2) is 25.2 Å². The molecule has 1 aromatic carbocycles. The number of benzene rings is 1. The maximum absolute atomic E-state index is 9.14. The van der Waals surface area contributed by atoms with Crippen LogP contribution in [0.25, 0.3) is 5.69 Å². The van der Waals surface area contributed by atoms with E-state index < -0.39 is 0 Å². The summed E-state index contributed by atoms with van der Waals surface area (Å²) in [7, 11) is 0. The van der Waals surface area contributed by atoms with Crippen LogP contribution in [0.3, 0.4) is 0 Å². The Bertz CT molecular complexity index is 467. The minimum atomic E-state index is -0.129. The second kappa shape index (κ2) is 4.15.